The van der Waals surface area contributed by atoms with Crippen LogP contribution in [-0.4, -0.2) is 36.9 Å². The average molecular weight is 473 g/mol. The molecule has 0 saturated carbocycles. The summed E-state index contributed by atoms with van der Waals surface area (Å²) in [5, 5.41) is 10.8. The van der Waals surface area contributed by atoms with E-state index in [-0.39, 0.29) is 22.6 Å². The van der Waals surface area contributed by atoms with Crippen molar-refractivity contribution in [3.8, 4) is 5.75 Å². The highest BCUT2D eigenvalue weighted by Gasteiger charge is 2.39. The second kappa shape index (κ2) is 7.98. The van der Waals surface area contributed by atoms with Crippen molar-refractivity contribution in [1.29, 1.82) is 0 Å². The SMILES string of the molecule is CN1C(=O)C(C)(C)Oc2ccc(Nc3nc(Nc4cccc(S(N)(=O)=O)c4)ncc3F)cc21. The van der Waals surface area contributed by atoms with Crippen LogP contribution < -0.4 is 25.4 Å². The number of carbonyl (C=O) groups is 1. The molecule has 2 aromatic carbocycles. The molecule has 3 aromatic rings. The van der Waals surface area contributed by atoms with E-state index in [1.807, 2.05) is 0 Å². The zero-order valence-electron chi connectivity index (χ0n) is 18.0. The van der Waals surface area contributed by atoms with Crippen LogP contribution in [0.4, 0.5) is 33.2 Å². The zero-order valence-corrected chi connectivity index (χ0v) is 18.8. The highest BCUT2D eigenvalue weighted by atomic mass is 32.2. The van der Waals surface area contributed by atoms with Gasteiger partial charge in [0.25, 0.3) is 5.91 Å². The van der Waals surface area contributed by atoms with Crippen molar-refractivity contribution < 1.29 is 22.3 Å². The fourth-order valence-electron chi connectivity index (χ4n) is 3.31. The van der Waals surface area contributed by atoms with Crippen LogP contribution in [0.1, 0.15) is 13.8 Å². The molecule has 2 heterocycles. The van der Waals surface area contributed by atoms with E-state index in [2.05, 4.69) is 20.6 Å². The van der Waals surface area contributed by atoms with Gasteiger partial charge in [0.05, 0.1) is 16.8 Å². The van der Waals surface area contributed by atoms with E-state index in [1.165, 1.54) is 23.1 Å². The number of hydrogen-bond acceptors (Lipinski definition) is 8. The van der Waals surface area contributed by atoms with Crippen molar-refractivity contribution in [3.05, 3.63) is 54.5 Å². The van der Waals surface area contributed by atoms with Gasteiger partial charge in [-0.1, -0.05) is 6.07 Å². The number of amides is 1. The van der Waals surface area contributed by atoms with Crippen LogP contribution in [0.5, 0.6) is 5.75 Å². The molecule has 1 aliphatic heterocycles. The molecular weight excluding hydrogens is 451 g/mol. The van der Waals surface area contributed by atoms with Crippen LogP contribution in [0.15, 0.2) is 53.6 Å². The fraction of sp³-hybridized carbons (Fsp3) is 0.190. The van der Waals surface area contributed by atoms with Gasteiger partial charge in [0.15, 0.2) is 17.2 Å². The Bertz CT molecular complexity index is 1360. The molecule has 4 rings (SSSR count). The summed E-state index contributed by atoms with van der Waals surface area (Å²) in [7, 11) is -2.25. The van der Waals surface area contributed by atoms with E-state index in [4.69, 9.17) is 9.88 Å². The van der Waals surface area contributed by atoms with Crippen molar-refractivity contribution in [2.75, 3.05) is 22.6 Å². The number of sulfonamides is 1. The first kappa shape index (κ1) is 22.4. The van der Waals surface area contributed by atoms with E-state index >= 15 is 0 Å². The van der Waals surface area contributed by atoms with Gasteiger partial charge in [-0.15, -0.1) is 0 Å². The number of benzene rings is 2. The predicted molar refractivity (Wildman–Crippen MR) is 121 cm³/mol. The van der Waals surface area contributed by atoms with Crippen molar-refractivity contribution >= 4 is 44.8 Å². The lowest BCUT2D eigenvalue weighted by atomic mass is 10.0. The van der Waals surface area contributed by atoms with Crippen molar-refractivity contribution in [1.82, 2.24) is 9.97 Å². The molecule has 0 unspecified atom stereocenters. The average Bonchev–Trinajstić information content (AvgIpc) is 2.74. The summed E-state index contributed by atoms with van der Waals surface area (Å²) in [6.07, 6.45) is 0.973. The molecular formula is C21H21FN6O4S. The molecule has 0 atom stereocenters. The smallest absolute Gasteiger partial charge is 0.270 e. The number of primary sulfonamides is 1. The van der Waals surface area contributed by atoms with Gasteiger partial charge in [0, 0.05) is 18.4 Å². The molecule has 12 heteroatoms. The first-order valence-electron chi connectivity index (χ1n) is 9.75. The van der Waals surface area contributed by atoms with Crippen LogP contribution in [0, 0.1) is 5.82 Å². The number of aromatic nitrogens is 2. The van der Waals surface area contributed by atoms with Gasteiger partial charge in [0.2, 0.25) is 16.0 Å². The maximum atomic E-state index is 14.4. The Labute approximate surface area is 189 Å². The summed E-state index contributed by atoms with van der Waals surface area (Å²) in [6, 6.07) is 10.7. The number of halogens is 1. The number of likely N-dealkylation sites (N-methyl/N-ethyl adjacent to an activating group) is 1. The van der Waals surface area contributed by atoms with Crippen LogP contribution in [0.2, 0.25) is 0 Å². The summed E-state index contributed by atoms with van der Waals surface area (Å²) >= 11 is 0. The molecule has 10 nitrogen and oxygen atoms in total. The van der Waals surface area contributed by atoms with Gasteiger partial charge >= 0.3 is 0 Å². The first-order valence-corrected chi connectivity index (χ1v) is 11.3. The monoisotopic (exact) mass is 472 g/mol. The van der Waals surface area contributed by atoms with Crippen LogP contribution in [0.3, 0.4) is 0 Å². The Hall–Kier alpha value is -3.77. The Kier molecular flexibility index (Phi) is 5.42. The summed E-state index contributed by atoms with van der Waals surface area (Å²) in [6.45, 7) is 3.37. The Morgan fingerprint density at radius 2 is 1.85 bits per heavy atom. The van der Waals surface area contributed by atoms with Crippen LogP contribution >= 0.6 is 0 Å². The van der Waals surface area contributed by atoms with E-state index in [1.54, 1.807) is 45.2 Å². The second-order valence-electron chi connectivity index (χ2n) is 7.87. The Balaban J connectivity index is 1.59. The molecule has 33 heavy (non-hydrogen) atoms. The first-order chi connectivity index (χ1) is 15.4. The number of nitrogens with zero attached hydrogens (tertiary/aromatic N) is 3. The topological polar surface area (TPSA) is 140 Å². The minimum absolute atomic E-state index is 0.0285. The molecule has 172 valence electrons. The lowest BCUT2D eigenvalue weighted by molar-refractivity contribution is -0.132. The highest BCUT2D eigenvalue weighted by molar-refractivity contribution is 7.89. The number of carbonyl (C=O) groups excluding carboxylic acids is 1. The summed E-state index contributed by atoms with van der Waals surface area (Å²) in [5.74, 6) is -0.498. The van der Waals surface area contributed by atoms with E-state index < -0.39 is 21.4 Å². The Morgan fingerprint density at radius 3 is 2.58 bits per heavy atom. The number of ether oxygens (including phenoxy) is 1. The maximum Gasteiger partial charge on any atom is 0.270 e. The largest absolute Gasteiger partial charge is 0.476 e. The van der Waals surface area contributed by atoms with Gasteiger partial charge in [-0.3, -0.25) is 4.79 Å². The lowest BCUT2D eigenvalue weighted by Crippen LogP contribution is -2.50. The number of nitrogens with one attached hydrogen (secondary N) is 2. The molecule has 0 radical (unpaired) electrons. The van der Waals surface area contributed by atoms with Gasteiger partial charge in [-0.2, -0.15) is 4.98 Å². The maximum absolute atomic E-state index is 14.4. The number of fused-ring (bicyclic) bond motifs is 1. The van der Waals surface area contributed by atoms with Crippen molar-refractivity contribution in [2.24, 2.45) is 5.14 Å². The van der Waals surface area contributed by atoms with Gasteiger partial charge in [-0.05, 0) is 50.2 Å². The second-order valence-corrected chi connectivity index (χ2v) is 9.43. The molecule has 1 amide bonds. The van der Waals surface area contributed by atoms with Gasteiger partial charge in [0.1, 0.15) is 5.75 Å². The normalized spacial score (nSPS) is 14.9. The number of hydrogen-bond donors (Lipinski definition) is 3. The third-order valence-electron chi connectivity index (χ3n) is 4.93. The van der Waals surface area contributed by atoms with Gasteiger partial charge in [-0.25, -0.2) is 22.9 Å². The van der Waals surface area contributed by atoms with Crippen molar-refractivity contribution in [3.63, 3.8) is 0 Å². The summed E-state index contributed by atoms with van der Waals surface area (Å²) in [5.41, 5.74) is 0.359. The third kappa shape index (κ3) is 4.56. The van der Waals surface area contributed by atoms with E-state index in [0.717, 1.165) is 6.20 Å². The zero-order chi connectivity index (χ0) is 24.0. The van der Waals surface area contributed by atoms with E-state index in [9.17, 15) is 17.6 Å². The highest BCUT2D eigenvalue weighted by Crippen LogP contribution is 2.39. The molecule has 0 bridgehead atoms. The predicted octanol–water partition coefficient (Wildman–Crippen LogP) is 2.88. The molecule has 0 fully saturated rings. The number of rotatable bonds is 5. The number of anilines is 5. The number of nitrogens with two attached hydrogens (primary N) is 1. The molecule has 0 aliphatic carbocycles. The van der Waals surface area contributed by atoms with Gasteiger partial charge < -0.3 is 20.3 Å². The standard InChI is InChI=1S/C21H21FN6O4S/c1-21(2)19(29)28(3)16-10-13(7-8-17(16)32-21)25-18-15(22)11-24-20(27-18)26-12-5-4-6-14(9-12)33(23,30)31/h4-11H,1-3H3,(H2,23,30,31)(H2,24,25,26,27). The van der Waals surface area contributed by atoms with Crippen LogP contribution in [-0.2, 0) is 14.8 Å². The van der Waals surface area contributed by atoms with E-state index in [0.29, 0.717) is 22.8 Å². The van der Waals surface area contributed by atoms with Crippen molar-refractivity contribution in [2.45, 2.75) is 24.3 Å². The minimum atomic E-state index is -3.89. The molecule has 1 aromatic heterocycles. The van der Waals surface area contributed by atoms with Crippen LogP contribution in [0.25, 0.3) is 0 Å². The summed E-state index contributed by atoms with van der Waals surface area (Å²) < 4.78 is 43.3. The third-order valence-corrected chi connectivity index (χ3v) is 5.84. The molecule has 4 N–H and O–H groups in total. The fourth-order valence-corrected chi connectivity index (χ4v) is 3.87. The molecule has 0 spiro atoms. The quantitative estimate of drug-likeness (QED) is 0.515. The Morgan fingerprint density at radius 1 is 1.12 bits per heavy atom. The summed E-state index contributed by atoms with van der Waals surface area (Å²) in [4.78, 5) is 21.9. The molecule has 1 aliphatic rings. The minimum Gasteiger partial charge on any atom is -0.476 e. The lowest BCUT2D eigenvalue weighted by Gasteiger charge is -2.37. The molecule has 0 saturated heterocycles.